The maximum absolute atomic E-state index is 13.1. The van der Waals surface area contributed by atoms with Crippen LogP contribution in [0.15, 0.2) is 0 Å². The SMILES string of the molecule is O[C@@H]1CNC[C@]2(CCC2(F)F)C1. The molecule has 0 aromatic carbocycles. The number of β-amino-alcohol motifs (C(OH)–C–C–N with tert-alkyl or cyclic N) is 1. The molecule has 0 radical (unpaired) electrons. The van der Waals surface area contributed by atoms with Crippen molar-refractivity contribution >= 4 is 0 Å². The maximum atomic E-state index is 13.1. The van der Waals surface area contributed by atoms with Crippen LogP contribution in [-0.4, -0.2) is 30.2 Å². The third kappa shape index (κ3) is 0.977. The highest BCUT2D eigenvalue weighted by Crippen LogP contribution is 2.56. The van der Waals surface area contributed by atoms with Gasteiger partial charge in [0.15, 0.2) is 0 Å². The van der Waals surface area contributed by atoms with E-state index in [2.05, 4.69) is 5.32 Å². The summed E-state index contributed by atoms with van der Waals surface area (Å²) in [6.45, 7) is 0.814. The van der Waals surface area contributed by atoms with E-state index in [0.717, 1.165) is 0 Å². The number of hydrogen-bond donors (Lipinski definition) is 2. The summed E-state index contributed by atoms with van der Waals surface area (Å²) in [7, 11) is 0. The second-order valence-electron chi connectivity index (χ2n) is 3.97. The van der Waals surface area contributed by atoms with Gasteiger partial charge in [-0.05, 0) is 12.8 Å². The van der Waals surface area contributed by atoms with Gasteiger partial charge in [0, 0.05) is 24.9 Å². The van der Waals surface area contributed by atoms with Crippen LogP contribution in [0.3, 0.4) is 0 Å². The average molecular weight is 177 g/mol. The van der Waals surface area contributed by atoms with Gasteiger partial charge < -0.3 is 10.4 Å². The van der Waals surface area contributed by atoms with Crippen molar-refractivity contribution in [2.24, 2.45) is 5.41 Å². The van der Waals surface area contributed by atoms with Crippen molar-refractivity contribution < 1.29 is 13.9 Å². The zero-order valence-corrected chi connectivity index (χ0v) is 6.82. The van der Waals surface area contributed by atoms with Gasteiger partial charge in [-0.2, -0.15) is 0 Å². The smallest absolute Gasteiger partial charge is 0.255 e. The Morgan fingerprint density at radius 1 is 1.33 bits per heavy atom. The highest BCUT2D eigenvalue weighted by Gasteiger charge is 2.62. The van der Waals surface area contributed by atoms with Crippen LogP contribution in [0.5, 0.6) is 0 Å². The van der Waals surface area contributed by atoms with E-state index in [4.69, 9.17) is 0 Å². The van der Waals surface area contributed by atoms with E-state index in [0.29, 0.717) is 19.5 Å². The minimum atomic E-state index is -2.55. The fourth-order valence-electron chi connectivity index (χ4n) is 2.21. The molecule has 2 N–H and O–H groups in total. The Balaban J connectivity index is 2.10. The molecule has 1 spiro atoms. The first-order chi connectivity index (χ1) is 5.56. The zero-order valence-electron chi connectivity index (χ0n) is 6.82. The molecule has 2 rings (SSSR count). The van der Waals surface area contributed by atoms with Crippen LogP contribution < -0.4 is 5.32 Å². The second kappa shape index (κ2) is 2.39. The number of piperidine rings is 1. The molecule has 2 fully saturated rings. The maximum Gasteiger partial charge on any atom is 0.255 e. The van der Waals surface area contributed by atoms with Gasteiger partial charge >= 0.3 is 0 Å². The van der Waals surface area contributed by atoms with E-state index in [1.807, 2.05) is 0 Å². The molecule has 4 heteroatoms. The number of hydrogen-bond acceptors (Lipinski definition) is 2. The molecule has 2 atom stereocenters. The third-order valence-electron chi connectivity index (χ3n) is 3.16. The van der Waals surface area contributed by atoms with Gasteiger partial charge in [-0.15, -0.1) is 0 Å². The molecule has 0 amide bonds. The Morgan fingerprint density at radius 3 is 2.42 bits per heavy atom. The molecule has 1 aliphatic heterocycles. The van der Waals surface area contributed by atoms with E-state index in [1.165, 1.54) is 0 Å². The number of aliphatic hydroxyl groups is 1. The first-order valence-electron chi connectivity index (χ1n) is 4.32. The van der Waals surface area contributed by atoms with E-state index in [9.17, 15) is 13.9 Å². The Morgan fingerprint density at radius 2 is 2.08 bits per heavy atom. The number of alkyl halides is 2. The van der Waals surface area contributed by atoms with Crippen molar-refractivity contribution in [2.75, 3.05) is 13.1 Å². The van der Waals surface area contributed by atoms with Crippen molar-refractivity contribution in [3.63, 3.8) is 0 Å². The number of rotatable bonds is 0. The van der Waals surface area contributed by atoms with Crippen molar-refractivity contribution in [3.8, 4) is 0 Å². The quantitative estimate of drug-likeness (QED) is 0.572. The van der Waals surface area contributed by atoms with Crippen LogP contribution in [0.25, 0.3) is 0 Å². The minimum absolute atomic E-state index is 0.0125. The Kier molecular flexibility index (Phi) is 1.67. The molecular weight excluding hydrogens is 164 g/mol. The van der Waals surface area contributed by atoms with Crippen LogP contribution in [0, 0.1) is 5.41 Å². The van der Waals surface area contributed by atoms with Crippen molar-refractivity contribution in [3.05, 3.63) is 0 Å². The molecular formula is C8H13F2NO. The van der Waals surface area contributed by atoms with E-state index in [1.54, 1.807) is 0 Å². The molecule has 12 heavy (non-hydrogen) atoms. The highest BCUT2D eigenvalue weighted by molar-refractivity contribution is 5.06. The largest absolute Gasteiger partial charge is 0.392 e. The van der Waals surface area contributed by atoms with Gasteiger partial charge in [0.05, 0.1) is 6.10 Å². The lowest BCUT2D eigenvalue weighted by molar-refractivity contribution is -0.219. The summed E-state index contributed by atoms with van der Waals surface area (Å²) in [5.74, 6) is -2.55. The molecule has 1 heterocycles. The van der Waals surface area contributed by atoms with Gasteiger partial charge in [-0.25, -0.2) is 8.78 Å². The normalized spacial score (nSPS) is 45.8. The molecule has 1 aliphatic carbocycles. The molecule has 2 aliphatic rings. The minimum Gasteiger partial charge on any atom is -0.392 e. The van der Waals surface area contributed by atoms with Gasteiger partial charge in [0.1, 0.15) is 0 Å². The van der Waals surface area contributed by atoms with E-state index < -0.39 is 17.4 Å². The molecule has 1 saturated heterocycles. The lowest BCUT2D eigenvalue weighted by Crippen LogP contribution is -2.61. The molecule has 0 bridgehead atoms. The summed E-state index contributed by atoms with van der Waals surface area (Å²) in [6, 6.07) is 0. The van der Waals surface area contributed by atoms with Crippen molar-refractivity contribution in [1.29, 1.82) is 0 Å². The first kappa shape index (κ1) is 8.38. The van der Waals surface area contributed by atoms with Gasteiger partial charge in [0.2, 0.25) is 0 Å². The second-order valence-corrected chi connectivity index (χ2v) is 3.97. The average Bonchev–Trinajstić information content (AvgIpc) is 2.03. The van der Waals surface area contributed by atoms with Crippen LogP contribution >= 0.6 is 0 Å². The summed E-state index contributed by atoms with van der Waals surface area (Å²) in [5, 5.41) is 12.1. The van der Waals surface area contributed by atoms with Crippen molar-refractivity contribution in [1.82, 2.24) is 5.32 Å². The lowest BCUT2D eigenvalue weighted by Gasteiger charge is -2.52. The zero-order chi connectivity index (χ0) is 8.82. The lowest BCUT2D eigenvalue weighted by atomic mass is 9.61. The topological polar surface area (TPSA) is 32.3 Å². The van der Waals surface area contributed by atoms with Crippen LogP contribution in [0.1, 0.15) is 19.3 Å². The fourth-order valence-corrected chi connectivity index (χ4v) is 2.21. The Hall–Kier alpha value is -0.220. The predicted molar refractivity (Wildman–Crippen MR) is 40.1 cm³/mol. The number of aliphatic hydroxyl groups excluding tert-OH is 1. The number of halogens is 2. The van der Waals surface area contributed by atoms with Gasteiger partial charge in [-0.3, -0.25) is 0 Å². The molecule has 0 aromatic rings. The standard InChI is InChI=1S/C8H13F2NO/c9-8(10)2-1-7(8)3-6(12)4-11-5-7/h6,11-12H,1-5H2/t6-,7-/m0/s1. The Labute approximate surface area is 70.0 Å². The molecule has 0 unspecified atom stereocenters. The van der Waals surface area contributed by atoms with Crippen molar-refractivity contribution in [2.45, 2.75) is 31.3 Å². The van der Waals surface area contributed by atoms with Crippen LogP contribution in [0.2, 0.25) is 0 Å². The predicted octanol–water partition coefficient (Wildman–Crippen LogP) is 0.756. The highest BCUT2D eigenvalue weighted by atomic mass is 19.3. The summed E-state index contributed by atoms with van der Waals surface area (Å²) >= 11 is 0. The molecule has 70 valence electrons. The van der Waals surface area contributed by atoms with E-state index in [-0.39, 0.29) is 12.8 Å². The summed E-state index contributed by atoms with van der Waals surface area (Å²) in [5.41, 5.74) is -0.926. The first-order valence-corrected chi connectivity index (χ1v) is 4.32. The molecule has 1 saturated carbocycles. The summed E-state index contributed by atoms with van der Waals surface area (Å²) < 4.78 is 26.2. The fraction of sp³-hybridized carbons (Fsp3) is 1.00. The summed E-state index contributed by atoms with van der Waals surface area (Å²) in [6.07, 6.45) is 0.197. The number of nitrogens with one attached hydrogen (secondary N) is 1. The molecule has 2 nitrogen and oxygen atoms in total. The van der Waals surface area contributed by atoms with Gasteiger partial charge in [-0.1, -0.05) is 0 Å². The Bertz CT molecular complexity index is 197. The summed E-state index contributed by atoms with van der Waals surface area (Å²) in [4.78, 5) is 0. The van der Waals surface area contributed by atoms with Crippen LogP contribution in [0.4, 0.5) is 8.78 Å². The van der Waals surface area contributed by atoms with E-state index >= 15 is 0 Å². The van der Waals surface area contributed by atoms with Crippen LogP contribution in [-0.2, 0) is 0 Å². The monoisotopic (exact) mass is 177 g/mol. The molecule has 0 aromatic heterocycles. The third-order valence-corrected chi connectivity index (χ3v) is 3.16. The van der Waals surface area contributed by atoms with Gasteiger partial charge in [0.25, 0.3) is 5.92 Å².